The number of hydrogen-bond acceptors (Lipinski definition) is 3. The smallest absolute Gasteiger partial charge is 0.165 e. The van der Waals surface area contributed by atoms with Gasteiger partial charge in [-0.2, -0.15) is 5.10 Å². The number of nitrogens with zero attached hydrogens (tertiary/aromatic N) is 2. The molecular weight excluding hydrogens is 190 g/mol. The van der Waals surface area contributed by atoms with Gasteiger partial charge in [0.05, 0.1) is 6.20 Å². The van der Waals surface area contributed by atoms with Crippen molar-refractivity contribution in [1.29, 1.82) is 0 Å². The van der Waals surface area contributed by atoms with Crippen LogP contribution < -0.4 is 10.1 Å². The van der Waals surface area contributed by atoms with Crippen LogP contribution in [0.1, 0.15) is 6.92 Å². The third-order valence-electron chi connectivity index (χ3n) is 2.75. The van der Waals surface area contributed by atoms with E-state index in [0.717, 1.165) is 24.4 Å². The van der Waals surface area contributed by atoms with Crippen molar-refractivity contribution in [3.05, 3.63) is 30.6 Å². The summed E-state index contributed by atoms with van der Waals surface area (Å²) < 4.78 is 7.77. The molecule has 2 aromatic rings. The van der Waals surface area contributed by atoms with Crippen LogP contribution in [0.25, 0.3) is 5.52 Å². The molecule has 0 unspecified atom stereocenters. The van der Waals surface area contributed by atoms with Gasteiger partial charge in [0.15, 0.2) is 5.75 Å². The fraction of sp³-hybridized carbons (Fsp3) is 0.364. The van der Waals surface area contributed by atoms with Crippen LogP contribution in [-0.4, -0.2) is 28.3 Å². The van der Waals surface area contributed by atoms with Gasteiger partial charge in [0.25, 0.3) is 0 Å². The first-order valence-corrected chi connectivity index (χ1v) is 5.09. The Morgan fingerprint density at radius 2 is 2.33 bits per heavy atom. The van der Waals surface area contributed by atoms with Gasteiger partial charge in [0.1, 0.15) is 11.1 Å². The number of pyridine rings is 1. The summed E-state index contributed by atoms with van der Waals surface area (Å²) in [5, 5.41) is 7.44. The zero-order valence-electron chi connectivity index (χ0n) is 8.60. The molecule has 0 saturated carbocycles. The van der Waals surface area contributed by atoms with E-state index in [1.54, 1.807) is 6.20 Å². The van der Waals surface area contributed by atoms with Gasteiger partial charge in [-0.1, -0.05) is 6.07 Å². The minimum atomic E-state index is -0.0701. The first kappa shape index (κ1) is 8.73. The van der Waals surface area contributed by atoms with Crippen molar-refractivity contribution in [1.82, 2.24) is 14.9 Å². The summed E-state index contributed by atoms with van der Waals surface area (Å²) in [5.74, 6) is 0.861. The molecule has 4 nitrogen and oxygen atoms in total. The van der Waals surface area contributed by atoms with Gasteiger partial charge in [-0.3, -0.25) is 0 Å². The Morgan fingerprint density at radius 3 is 3.07 bits per heavy atom. The van der Waals surface area contributed by atoms with Crippen LogP contribution in [0.4, 0.5) is 0 Å². The van der Waals surface area contributed by atoms with Crippen molar-refractivity contribution < 1.29 is 4.74 Å². The van der Waals surface area contributed by atoms with Crippen LogP contribution in [0.3, 0.4) is 0 Å². The van der Waals surface area contributed by atoms with E-state index in [9.17, 15) is 0 Å². The molecule has 3 rings (SSSR count). The molecule has 2 aromatic heterocycles. The number of ether oxygens (including phenoxy) is 1. The lowest BCUT2D eigenvalue weighted by Crippen LogP contribution is -2.60. The van der Waals surface area contributed by atoms with Gasteiger partial charge < -0.3 is 10.1 Å². The molecule has 1 N–H and O–H groups in total. The Morgan fingerprint density at radius 1 is 1.47 bits per heavy atom. The van der Waals surface area contributed by atoms with Gasteiger partial charge in [0.2, 0.25) is 0 Å². The summed E-state index contributed by atoms with van der Waals surface area (Å²) in [7, 11) is 0. The number of aromatic nitrogens is 2. The molecule has 1 aliphatic heterocycles. The Balaban J connectivity index is 1.97. The Kier molecular flexibility index (Phi) is 1.73. The van der Waals surface area contributed by atoms with Crippen LogP contribution in [0.15, 0.2) is 30.6 Å². The summed E-state index contributed by atoms with van der Waals surface area (Å²) in [6, 6.07) is 5.96. The minimum Gasteiger partial charge on any atom is -0.481 e. The first-order chi connectivity index (χ1) is 7.27. The van der Waals surface area contributed by atoms with Crippen molar-refractivity contribution in [2.24, 2.45) is 0 Å². The quantitative estimate of drug-likeness (QED) is 0.793. The Bertz CT molecular complexity index is 487. The molecule has 4 heteroatoms. The molecule has 1 saturated heterocycles. The molecule has 15 heavy (non-hydrogen) atoms. The van der Waals surface area contributed by atoms with E-state index in [4.69, 9.17) is 4.74 Å². The molecule has 0 bridgehead atoms. The fourth-order valence-corrected chi connectivity index (χ4v) is 1.80. The summed E-state index contributed by atoms with van der Waals surface area (Å²) in [5.41, 5.74) is 0.949. The van der Waals surface area contributed by atoms with Crippen molar-refractivity contribution in [2.45, 2.75) is 12.5 Å². The van der Waals surface area contributed by atoms with E-state index >= 15 is 0 Å². The molecule has 78 valence electrons. The predicted molar refractivity (Wildman–Crippen MR) is 57.1 cm³/mol. The topological polar surface area (TPSA) is 38.6 Å². The third kappa shape index (κ3) is 1.37. The van der Waals surface area contributed by atoms with E-state index < -0.39 is 0 Å². The van der Waals surface area contributed by atoms with Crippen LogP contribution in [0.2, 0.25) is 0 Å². The second kappa shape index (κ2) is 2.97. The summed E-state index contributed by atoms with van der Waals surface area (Å²) in [6.07, 6.45) is 3.70. The third-order valence-corrected chi connectivity index (χ3v) is 2.75. The highest BCUT2D eigenvalue weighted by Gasteiger charge is 2.34. The zero-order chi connectivity index (χ0) is 10.3. The highest BCUT2D eigenvalue weighted by atomic mass is 16.5. The van der Waals surface area contributed by atoms with E-state index in [0.29, 0.717) is 0 Å². The first-order valence-electron chi connectivity index (χ1n) is 5.09. The fourth-order valence-electron chi connectivity index (χ4n) is 1.80. The molecule has 3 heterocycles. The monoisotopic (exact) mass is 203 g/mol. The van der Waals surface area contributed by atoms with Gasteiger partial charge in [-0.05, 0) is 19.1 Å². The molecular formula is C11H13N3O. The Labute approximate surface area is 87.9 Å². The van der Waals surface area contributed by atoms with Crippen LogP contribution in [0, 0.1) is 0 Å². The van der Waals surface area contributed by atoms with Gasteiger partial charge >= 0.3 is 0 Å². The van der Waals surface area contributed by atoms with Crippen molar-refractivity contribution in [3.63, 3.8) is 0 Å². The van der Waals surface area contributed by atoms with E-state index in [1.807, 2.05) is 28.9 Å². The predicted octanol–water partition coefficient (Wildman–Crippen LogP) is 1.07. The molecule has 0 aliphatic carbocycles. The average Bonchev–Trinajstić information content (AvgIpc) is 2.60. The second-order valence-electron chi connectivity index (χ2n) is 4.19. The molecule has 0 atom stereocenters. The number of fused-ring (bicyclic) bond motifs is 1. The number of rotatable bonds is 2. The van der Waals surface area contributed by atoms with E-state index in [1.165, 1.54) is 0 Å². The lowest BCUT2D eigenvalue weighted by molar-refractivity contribution is 0.0363. The average molecular weight is 203 g/mol. The maximum Gasteiger partial charge on any atom is 0.165 e. The maximum atomic E-state index is 5.95. The summed E-state index contributed by atoms with van der Waals surface area (Å²) >= 11 is 0. The van der Waals surface area contributed by atoms with E-state index in [-0.39, 0.29) is 5.60 Å². The molecule has 1 aliphatic rings. The normalized spacial score (nSPS) is 18.7. The largest absolute Gasteiger partial charge is 0.481 e. The Hall–Kier alpha value is -1.55. The molecule has 1 fully saturated rings. The maximum absolute atomic E-state index is 5.95. The van der Waals surface area contributed by atoms with Crippen LogP contribution in [-0.2, 0) is 0 Å². The second-order valence-corrected chi connectivity index (χ2v) is 4.19. The van der Waals surface area contributed by atoms with Crippen molar-refractivity contribution in [3.8, 4) is 5.75 Å². The highest BCUT2D eigenvalue weighted by molar-refractivity contribution is 5.58. The summed E-state index contributed by atoms with van der Waals surface area (Å²) in [6.45, 7) is 3.91. The zero-order valence-corrected chi connectivity index (χ0v) is 8.60. The SMILES string of the molecule is CC1(Oc2cnn3ccccc23)CNC1. The molecule has 0 amide bonds. The summed E-state index contributed by atoms with van der Waals surface area (Å²) in [4.78, 5) is 0. The number of hydrogen-bond donors (Lipinski definition) is 1. The number of nitrogens with one attached hydrogen (secondary N) is 1. The van der Waals surface area contributed by atoms with Gasteiger partial charge in [-0.15, -0.1) is 0 Å². The molecule has 0 spiro atoms. The lowest BCUT2D eigenvalue weighted by atomic mass is 10.0. The van der Waals surface area contributed by atoms with Crippen molar-refractivity contribution >= 4 is 5.52 Å². The van der Waals surface area contributed by atoms with E-state index in [2.05, 4.69) is 17.3 Å². The van der Waals surface area contributed by atoms with Crippen LogP contribution >= 0.6 is 0 Å². The lowest BCUT2D eigenvalue weighted by Gasteiger charge is -2.38. The highest BCUT2D eigenvalue weighted by Crippen LogP contribution is 2.25. The molecule has 0 radical (unpaired) electrons. The standard InChI is InChI=1S/C11H13N3O/c1-11(7-12-8-11)15-10-6-13-14-5-3-2-4-9(10)14/h2-6,12H,7-8H2,1H3. The molecule has 0 aromatic carbocycles. The van der Waals surface area contributed by atoms with Gasteiger partial charge in [-0.25, -0.2) is 4.52 Å². The van der Waals surface area contributed by atoms with Crippen LogP contribution in [0.5, 0.6) is 5.75 Å². The minimum absolute atomic E-state index is 0.0701. The van der Waals surface area contributed by atoms with Gasteiger partial charge in [0, 0.05) is 19.3 Å². The van der Waals surface area contributed by atoms with Crippen molar-refractivity contribution in [2.75, 3.05) is 13.1 Å².